The minimum atomic E-state index is -0.710. The normalized spacial score (nSPS) is 17.9. The second kappa shape index (κ2) is 6.94. The quantitative estimate of drug-likeness (QED) is 0.614. The first-order chi connectivity index (χ1) is 10.2. The number of rotatable bonds is 5. The standard InChI is InChI=1S/C17H24O4/c1-19-13-8-9-14(15(12-13)20-2)16(18)17(21-3)10-6-4-5-7-11-17/h8-9,12H,4-7,10-11H2,1-3H3. The van der Waals surface area contributed by atoms with Crippen molar-refractivity contribution in [3.63, 3.8) is 0 Å². The molecule has 1 aromatic carbocycles. The Morgan fingerprint density at radius 2 is 1.67 bits per heavy atom. The highest BCUT2D eigenvalue weighted by Gasteiger charge is 2.40. The van der Waals surface area contributed by atoms with Gasteiger partial charge in [-0.05, 0) is 25.0 Å². The van der Waals surface area contributed by atoms with E-state index in [-0.39, 0.29) is 5.78 Å². The highest BCUT2D eigenvalue weighted by molar-refractivity contribution is 6.04. The van der Waals surface area contributed by atoms with Gasteiger partial charge in [0.05, 0.1) is 19.8 Å². The van der Waals surface area contributed by atoms with Gasteiger partial charge in [-0.15, -0.1) is 0 Å². The molecule has 4 nitrogen and oxygen atoms in total. The first kappa shape index (κ1) is 15.8. The molecule has 0 saturated heterocycles. The maximum absolute atomic E-state index is 13.0. The lowest BCUT2D eigenvalue weighted by atomic mass is 9.85. The second-order valence-electron chi connectivity index (χ2n) is 5.51. The van der Waals surface area contributed by atoms with Crippen LogP contribution in [0.3, 0.4) is 0 Å². The van der Waals surface area contributed by atoms with Gasteiger partial charge in [0.1, 0.15) is 17.1 Å². The zero-order valence-corrected chi connectivity index (χ0v) is 13.1. The van der Waals surface area contributed by atoms with Crippen LogP contribution in [0.1, 0.15) is 48.9 Å². The largest absolute Gasteiger partial charge is 0.497 e. The minimum Gasteiger partial charge on any atom is -0.497 e. The van der Waals surface area contributed by atoms with Crippen molar-refractivity contribution in [1.29, 1.82) is 0 Å². The number of hydrogen-bond donors (Lipinski definition) is 0. The fraction of sp³-hybridized carbons (Fsp3) is 0.588. The molecule has 0 spiro atoms. The van der Waals surface area contributed by atoms with Crippen molar-refractivity contribution >= 4 is 5.78 Å². The molecule has 116 valence electrons. The van der Waals surface area contributed by atoms with E-state index in [1.807, 2.05) is 0 Å². The summed E-state index contributed by atoms with van der Waals surface area (Å²) in [6.45, 7) is 0. The Bertz CT molecular complexity index is 488. The number of carbonyl (C=O) groups is 1. The van der Waals surface area contributed by atoms with Crippen molar-refractivity contribution in [2.24, 2.45) is 0 Å². The van der Waals surface area contributed by atoms with Gasteiger partial charge in [-0.3, -0.25) is 4.79 Å². The molecule has 0 aliphatic heterocycles. The van der Waals surface area contributed by atoms with Crippen molar-refractivity contribution in [3.05, 3.63) is 23.8 Å². The van der Waals surface area contributed by atoms with Gasteiger partial charge in [-0.2, -0.15) is 0 Å². The number of hydrogen-bond acceptors (Lipinski definition) is 4. The van der Waals surface area contributed by atoms with E-state index in [2.05, 4.69) is 0 Å². The predicted molar refractivity (Wildman–Crippen MR) is 81.3 cm³/mol. The van der Waals surface area contributed by atoms with Crippen LogP contribution in [-0.2, 0) is 4.74 Å². The number of carbonyl (C=O) groups excluding carboxylic acids is 1. The molecule has 21 heavy (non-hydrogen) atoms. The number of ether oxygens (including phenoxy) is 3. The maximum atomic E-state index is 13.0. The summed E-state index contributed by atoms with van der Waals surface area (Å²) < 4.78 is 16.2. The molecule has 0 bridgehead atoms. The summed E-state index contributed by atoms with van der Waals surface area (Å²) in [5.74, 6) is 1.24. The van der Waals surface area contributed by atoms with E-state index in [1.165, 1.54) is 0 Å². The lowest BCUT2D eigenvalue weighted by Crippen LogP contribution is -2.40. The van der Waals surface area contributed by atoms with Gasteiger partial charge in [-0.1, -0.05) is 25.7 Å². The van der Waals surface area contributed by atoms with E-state index < -0.39 is 5.60 Å². The van der Waals surface area contributed by atoms with Crippen LogP contribution in [0.25, 0.3) is 0 Å². The van der Waals surface area contributed by atoms with Gasteiger partial charge in [-0.25, -0.2) is 0 Å². The summed E-state index contributed by atoms with van der Waals surface area (Å²) in [4.78, 5) is 13.0. The zero-order valence-electron chi connectivity index (χ0n) is 13.1. The van der Waals surface area contributed by atoms with E-state index in [4.69, 9.17) is 14.2 Å². The molecule has 0 aromatic heterocycles. The van der Waals surface area contributed by atoms with E-state index in [9.17, 15) is 4.79 Å². The summed E-state index contributed by atoms with van der Waals surface area (Å²) in [6.07, 6.45) is 5.93. The van der Waals surface area contributed by atoms with Gasteiger partial charge in [0.25, 0.3) is 0 Å². The van der Waals surface area contributed by atoms with Crippen LogP contribution in [0.4, 0.5) is 0 Å². The van der Waals surface area contributed by atoms with E-state index in [0.29, 0.717) is 17.1 Å². The molecular formula is C17H24O4. The average molecular weight is 292 g/mol. The molecule has 1 fully saturated rings. The van der Waals surface area contributed by atoms with Crippen LogP contribution in [0.2, 0.25) is 0 Å². The van der Waals surface area contributed by atoms with Crippen LogP contribution in [0, 0.1) is 0 Å². The van der Waals surface area contributed by atoms with Crippen molar-refractivity contribution in [3.8, 4) is 11.5 Å². The third kappa shape index (κ3) is 3.21. The highest BCUT2D eigenvalue weighted by atomic mass is 16.5. The Hall–Kier alpha value is -1.55. The van der Waals surface area contributed by atoms with E-state index in [1.54, 1.807) is 39.5 Å². The zero-order chi connectivity index (χ0) is 15.3. The van der Waals surface area contributed by atoms with Crippen molar-refractivity contribution in [1.82, 2.24) is 0 Å². The van der Waals surface area contributed by atoms with Crippen LogP contribution in [-0.4, -0.2) is 32.7 Å². The Labute approximate surface area is 126 Å². The summed E-state index contributed by atoms with van der Waals surface area (Å²) in [6, 6.07) is 5.30. The maximum Gasteiger partial charge on any atom is 0.198 e. The first-order valence-corrected chi connectivity index (χ1v) is 7.49. The summed E-state index contributed by atoms with van der Waals surface area (Å²) in [5.41, 5.74) is -0.139. The van der Waals surface area contributed by atoms with E-state index >= 15 is 0 Å². The predicted octanol–water partition coefficient (Wildman–Crippen LogP) is 3.63. The van der Waals surface area contributed by atoms with Gasteiger partial charge < -0.3 is 14.2 Å². The molecule has 1 aromatic rings. The Morgan fingerprint density at radius 1 is 1.00 bits per heavy atom. The van der Waals surface area contributed by atoms with Gasteiger partial charge in [0.2, 0.25) is 0 Å². The lowest BCUT2D eigenvalue weighted by molar-refractivity contribution is -0.00711. The highest BCUT2D eigenvalue weighted by Crippen LogP contribution is 2.36. The van der Waals surface area contributed by atoms with Crippen LogP contribution >= 0.6 is 0 Å². The van der Waals surface area contributed by atoms with Gasteiger partial charge >= 0.3 is 0 Å². The fourth-order valence-electron chi connectivity index (χ4n) is 3.06. The van der Waals surface area contributed by atoms with Crippen molar-refractivity contribution < 1.29 is 19.0 Å². The summed E-state index contributed by atoms with van der Waals surface area (Å²) in [7, 11) is 4.80. The molecule has 1 aliphatic rings. The van der Waals surface area contributed by atoms with Crippen LogP contribution < -0.4 is 9.47 Å². The topological polar surface area (TPSA) is 44.8 Å². The van der Waals surface area contributed by atoms with Crippen LogP contribution in [0.5, 0.6) is 11.5 Å². The minimum absolute atomic E-state index is 0.0198. The summed E-state index contributed by atoms with van der Waals surface area (Å²) >= 11 is 0. The monoisotopic (exact) mass is 292 g/mol. The third-order valence-electron chi connectivity index (χ3n) is 4.37. The number of benzene rings is 1. The fourth-order valence-corrected chi connectivity index (χ4v) is 3.06. The molecule has 2 rings (SSSR count). The molecule has 1 saturated carbocycles. The van der Waals surface area contributed by atoms with Crippen molar-refractivity contribution in [2.45, 2.75) is 44.1 Å². The number of methoxy groups -OCH3 is 3. The molecule has 1 aliphatic carbocycles. The SMILES string of the molecule is COc1ccc(C(=O)C2(OC)CCCCCC2)c(OC)c1. The number of ketones is 1. The summed E-state index contributed by atoms with van der Waals surface area (Å²) in [5, 5.41) is 0. The molecule has 0 radical (unpaired) electrons. The molecule has 0 atom stereocenters. The molecule has 0 heterocycles. The molecule has 0 N–H and O–H groups in total. The second-order valence-corrected chi connectivity index (χ2v) is 5.51. The Balaban J connectivity index is 2.36. The number of Topliss-reactive ketones (excluding diaryl/α,β-unsaturated/α-hetero) is 1. The lowest BCUT2D eigenvalue weighted by Gasteiger charge is -2.30. The van der Waals surface area contributed by atoms with Crippen molar-refractivity contribution in [2.75, 3.05) is 21.3 Å². The first-order valence-electron chi connectivity index (χ1n) is 7.49. The van der Waals surface area contributed by atoms with E-state index in [0.717, 1.165) is 38.5 Å². The van der Waals surface area contributed by atoms with Gasteiger partial charge in [0, 0.05) is 13.2 Å². The smallest absolute Gasteiger partial charge is 0.198 e. The van der Waals surface area contributed by atoms with Gasteiger partial charge in [0.15, 0.2) is 5.78 Å². The Morgan fingerprint density at radius 3 is 2.19 bits per heavy atom. The van der Waals surface area contributed by atoms with Crippen LogP contribution in [0.15, 0.2) is 18.2 Å². The molecule has 0 unspecified atom stereocenters. The third-order valence-corrected chi connectivity index (χ3v) is 4.37. The Kier molecular flexibility index (Phi) is 5.23. The molecule has 0 amide bonds. The molecule has 4 heteroatoms. The molecular weight excluding hydrogens is 268 g/mol. The average Bonchev–Trinajstić information content (AvgIpc) is 2.80.